The van der Waals surface area contributed by atoms with Crippen LogP contribution in [0.15, 0.2) is 192 Å². The Kier molecular flexibility index (Phi) is 10.9. The molecule has 6 aromatic rings. The summed E-state index contributed by atoms with van der Waals surface area (Å²) in [5, 5.41) is 3.28. The van der Waals surface area contributed by atoms with Crippen LogP contribution in [0.4, 0.5) is 0 Å². The number of hydrogen-bond acceptors (Lipinski definition) is 4. The number of fused-ring (bicyclic) bond motifs is 4. The van der Waals surface area contributed by atoms with Crippen LogP contribution in [0.1, 0.15) is 50.6 Å². The van der Waals surface area contributed by atoms with E-state index in [1.165, 1.54) is 0 Å². The van der Waals surface area contributed by atoms with Crippen molar-refractivity contribution >= 4 is 44.0 Å². The summed E-state index contributed by atoms with van der Waals surface area (Å²) < 4.78 is 0. The SMILES string of the molecule is C=C(N=C1C=CC(c2ccc3ccc(-c4ccccc4)nc3c2)=C/C1=C/C)C(/C=C\C)=C/C(C)c1ccc2ccc3ccc(C/C=C\C=C/C)nc3c2n1. The Morgan fingerprint density at radius 2 is 1.48 bits per heavy atom. The van der Waals surface area contributed by atoms with Gasteiger partial charge in [-0.2, -0.15) is 0 Å². The van der Waals surface area contributed by atoms with Gasteiger partial charge in [-0.25, -0.2) is 15.0 Å². The first-order valence-electron chi connectivity index (χ1n) is 18.6. The Balaban J connectivity index is 1.14. The van der Waals surface area contributed by atoms with E-state index in [0.29, 0.717) is 5.70 Å². The first kappa shape index (κ1) is 35.9. The Hall–Kier alpha value is -6.52. The van der Waals surface area contributed by atoms with Crippen LogP contribution in [0.2, 0.25) is 0 Å². The lowest BCUT2D eigenvalue weighted by molar-refractivity contribution is 0.911. The van der Waals surface area contributed by atoms with Crippen molar-refractivity contribution in [3.63, 3.8) is 0 Å². The number of allylic oxidation sites excluding steroid dienone is 13. The monoisotopic (exact) mass is 700 g/mol. The van der Waals surface area contributed by atoms with Crippen molar-refractivity contribution < 1.29 is 0 Å². The van der Waals surface area contributed by atoms with Crippen molar-refractivity contribution in [1.29, 1.82) is 0 Å². The molecule has 0 amide bonds. The molecule has 3 aromatic heterocycles. The second-order valence-electron chi connectivity index (χ2n) is 13.4. The number of aromatic nitrogens is 3. The molecule has 3 heterocycles. The summed E-state index contributed by atoms with van der Waals surface area (Å²) in [6.07, 6.45) is 23.8. The maximum absolute atomic E-state index is 5.19. The van der Waals surface area contributed by atoms with Gasteiger partial charge in [0.15, 0.2) is 0 Å². The van der Waals surface area contributed by atoms with Gasteiger partial charge in [-0.15, -0.1) is 0 Å². The summed E-state index contributed by atoms with van der Waals surface area (Å²) >= 11 is 0. The van der Waals surface area contributed by atoms with Gasteiger partial charge in [0.2, 0.25) is 0 Å². The predicted molar refractivity (Wildman–Crippen MR) is 231 cm³/mol. The van der Waals surface area contributed by atoms with Gasteiger partial charge in [-0.05, 0) is 79.5 Å². The van der Waals surface area contributed by atoms with Gasteiger partial charge < -0.3 is 0 Å². The molecule has 1 unspecified atom stereocenters. The van der Waals surface area contributed by atoms with E-state index < -0.39 is 0 Å². The number of aliphatic imine (C=N–C) groups is 1. The highest BCUT2D eigenvalue weighted by Gasteiger charge is 2.14. The molecular formula is C50H44N4. The molecule has 3 aromatic carbocycles. The van der Waals surface area contributed by atoms with E-state index in [0.717, 1.165) is 89.8 Å². The van der Waals surface area contributed by atoms with E-state index in [1.807, 2.05) is 57.2 Å². The molecule has 0 spiro atoms. The van der Waals surface area contributed by atoms with Gasteiger partial charge in [0.1, 0.15) is 0 Å². The van der Waals surface area contributed by atoms with E-state index in [1.54, 1.807) is 0 Å². The molecule has 4 heteroatoms. The topological polar surface area (TPSA) is 51.0 Å². The van der Waals surface area contributed by atoms with Crippen LogP contribution < -0.4 is 0 Å². The average molecular weight is 701 g/mol. The van der Waals surface area contributed by atoms with Crippen LogP contribution in [0.25, 0.3) is 49.5 Å². The molecule has 4 nitrogen and oxygen atoms in total. The summed E-state index contributed by atoms with van der Waals surface area (Å²) in [6, 6.07) is 33.7. The largest absolute Gasteiger partial charge is 0.250 e. The summed E-state index contributed by atoms with van der Waals surface area (Å²) in [4.78, 5) is 20.3. The average Bonchev–Trinajstić information content (AvgIpc) is 3.22. The van der Waals surface area contributed by atoms with Gasteiger partial charge >= 0.3 is 0 Å². The molecule has 1 aliphatic carbocycles. The van der Waals surface area contributed by atoms with Crippen LogP contribution in [0.5, 0.6) is 0 Å². The zero-order valence-corrected chi connectivity index (χ0v) is 31.4. The van der Waals surface area contributed by atoms with E-state index in [9.17, 15) is 0 Å². The van der Waals surface area contributed by atoms with Gasteiger partial charge in [0, 0.05) is 45.4 Å². The van der Waals surface area contributed by atoms with Crippen molar-refractivity contribution in [3.8, 4) is 11.3 Å². The van der Waals surface area contributed by atoms with Crippen molar-refractivity contribution in [2.75, 3.05) is 0 Å². The van der Waals surface area contributed by atoms with E-state index >= 15 is 0 Å². The molecule has 0 fully saturated rings. The minimum Gasteiger partial charge on any atom is -0.250 e. The fourth-order valence-electron chi connectivity index (χ4n) is 6.69. The van der Waals surface area contributed by atoms with Crippen molar-refractivity contribution in [2.24, 2.45) is 4.99 Å². The van der Waals surface area contributed by atoms with Crippen molar-refractivity contribution in [2.45, 2.75) is 40.0 Å². The number of pyridine rings is 3. The minimum atomic E-state index is 0.0123. The van der Waals surface area contributed by atoms with Gasteiger partial charge in [-0.3, -0.25) is 4.98 Å². The number of nitrogens with zero attached hydrogens (tertiary/aromatic N) is 4. The summed E-state index contributed by atoms with van der Waals surface area (Å²) in [6.45, 7) is 12.7. The third-order valence-electron chi connectivity index (χ3n) is 9.63. The van der Waals surface area contributed by atoms with Crippen LogP contribution >= 0.6 is 0 Å². The standard InChI is InChI=1S/C50H44N4/c1-6-9-10-14-18-44-27-23-39-20-21-40-25-28-45(54-50(40)49(39)52-44)34(4)31-41(15-7-2)35(5)51-46-30-26-42(32-36(46)8-3)43-22-19-38-24-29-47(53-48(38)33-43)37-16-12-11-13-17-37/h6-17,19-34H,5,18H2,1-4H3/b9-6-,14-10-,15-7-,36-8-,41-31+,51-46?. The lowest BCUT2D eigenvalue weighted by Gasteiger charge is -2.15. The van der Waals surface area contributed by atoms with E-state index in [2.05, 4.69) is 141 Å². The van der Waals surface area contributed by atoms with E-state index in [-0.39, 0.29) is 5.92 Å². The lowest BCUT2D eigenvalue weighted by atomic mass is 9.94. The fourth-order valence-corrected chi connectivity index (χ4v) is 6.69. The normalized spacial score (nSPS) is 15.9. The highest BCUT2D eigenvalue weighted by atomic mass is 14.8. The molecule has 0 N–H and O–H groups in total. The molecule has 7 rings (SSSR count). The van der Waals surface area contributed by atoms with Gasteiger partial charge in [0.25, 0.3) is 0 Å². The van der Waals surface area contributed by atoms with Crippen molar-refractivity contribution in [3.05, 3.63) is 204 Å². The number of benzene rings is 3. The summed E-state index contributed by atoms with van der Waals surface area (Å²) in [5.41, 5.74) is 12.7. The first-order valence-corrected chi connectivity index (χ1v) is 18.6. The molecule has 0 saturated carbocycles. The predicted octanol–water partition coefficient (Wildman–Crippen LogP) is 12.8. The number of rotatable bonds is 10. The second-order valence-corrected chi connectivity index (χ2v) is 13.4. The second kappa shape index (κ2) is 16.4. The third kappa shape index (κ3) is 7.94. The third-order valence-corrected chi connectivity index (χ3v) is 9.63. The highest BCUT2D eigenvalue weighted by molar-refractivity contribution is 6.15. The fraction of sp³-hybridized carbons (Fsp3) is 0.120. The molecule has 54 heavy (non-hydrogen) atoms. The molecule has 0 bridgehead atoms. The molecule has 1 atom stereocenters. The zero-order valence-electron chi connectivity index (χ0n) is 31.4. The van der Waals surface area contributed by atoms with E-state index in [4.69, 9.17) is 19.9 Å². The lowest BCUT2D eigenvalue weighted by Crippen LogP contribution is -2.04. The maximum atomic E-state index is 5.19. The zero-order chi connectivity index (χ0) is 37.4. The quantitative estimate of drug-likeness (QED) is 0.106. The molecule has 264 valence electrons. The van der Waals surface area contributed by atoms with Gasteiger partial charge in [0.05, 0.1) is 33.7 Å². The number of hydrogen-bond donors (Lipinski definition) is 0. The molecule has 0 saturated heterocycles. The maximum Gasteiger partial charge on any atom is 0.0968 e. The van der Waals surface area contributed by atoms with Crippen LogP contribution in [0, 0.1) is 0 Å². The van der Waals surface area contributed by atoms with Crippen LogP contribution in [0.3, 0.4) is 0 Å². The smallest absolute Gasteiger partial charge is 0.0968 e. The molecule has 1 aliphatic rings. The van der Waals surface area contributed by atoms with Crippen molar-refractivity contribution in [1.82, 2.24) is 15.0 Å². The van der Waals surface area contributed by atoms with Crippen LogP contribution in [-0.2, 0) is 6.42 Å². The summed E-state index contributed by atoms with van der Waals surface area (Å²) in [5.74, 6) is 0.0123. The Morgan fingerprint density at radius 3 is 2.26 bits per heavy atom. The highest BCUT2D eigenvalue weighted by Crippen LogP contribution is 2.30. The first-order chi connectivity index (χ1) is 26.4. The molecule has 0 aliphatic heterocycles. The Bertz CT molecular complexity index is 2630. The van der Waals surface area contributed by atoms with Crippen LogP contribution in [-0.4, -0.2) is 20.7 Å². The Labute approximate surface area is 318 Å². The minimum absolute atomic E-state index is 0.0123. The Morgan fingerprint density at radius 1 is 0.741 bits per heavy atom. The summed E-state index contributed by atoms with van der Waals surface area (Å²) in [7, 11) is 0. The molecule has 0 radical (unpaired) electrons. The van der Waals surface area contributed by atoms with Gasteiger partial charge in [-0.1, -0.05) is 141 Å². The molecular weight excluding hydrogens is 657 g/mol.